The molecule has 0 bridgehead atoms. The summed E-state index contributed by atoms with van der Waals surface area (Å²) in [6.07, 6.45) is 12.1. The maximum Gasteiger partial charge on any atom is 0.0645 e. The van der Waals surface area contributed by atoms with Gasteiger partial charge in [0.15, 0.2) is 0 Å². The van der Waals surface area contributed by atoms with Crippen molar-refractivity contribution in [3.63, 3.8) is 0 Å². The standard InChI is InChI=1S/C18H27N3/c1-2-3-4-5-6-10-13-19-14-17-15-20-21(16-17)18-11-8-7-9-12-18/h7-9,11-12,15-16,19H,2-6,10,13-14H2,1H3. The highest BCUT2D eigenvalue weighted by molar-refractivity contribution is 5.30. The Hall–Kier alpha value is -1.61. The van der Waals surface area contributed by atoms with Crippen LogP contribution >= 0.6 is 0 Å². The summed E-state index contributed by atoms with van der Waals surface area (Å²) < 4.78 is 1.93. The highest BCUT2D eigenvalue weighted by Gasteiger charge is 2.00. The summed E-state index contributed by atoms with van der Waals surface area (Å²) in [6.45, 7) is 4.27. The first-order valence-corrected chi connectivity index (χ1v) is 8.20. The van der Waals surface area contributed by atoms with Crippen LogP contribution in [0, 0.1) is 0 Å². The number of hydrogen-bond acceptors (Lipinski definition) is 2. The van der Waals surface area contributed by atoms with Gasteiger partial charge in [-0.15, -0.1) is 0 Å². The Morgan fingerprint density at radius 1 is 1.00 bits per heavy atom. The van der Waals surface area contributed by atoms with E-state index in [-0.39, 0.29) is 0 Å². The maximum atomic E-state index is 4.41. The number of aromatic nitrogens is 2. The van der Waals surface area contributed by atoms with Crippen LogP contribution in [-0.4, -0.2) is 16.3 Å². The van der Waals surface area contributed by atoms with E-state index in [9.17, 15) is 0 Å². The van der Waals surface area contributed by atoms with Gasteiger partial charge in [0.25, 0.3) is 0 Å². The lowest BCUT2D eigenvalue weighted by Crippen LogP contribution is -2.14. The normalized spacial score (nSPS) is 10.9. The zero-order chi connectivity index (χ0) is 14.8. The number of hydrogen-bond donors (Lipinski definition) is 1. The van der Waals surface area contributed by atoms with E-state index in [0.717, 1.165) is 18.8 Å². The van der Waals surface area contributed by atoms with Crippen LogP contribution in [-0.2, 0) is 6.54 Å². The lowest BCUT2D eigenvalue weighted by molar-refractivity contribution is 0.572. The molecule has 2 rings (SSSR count). The van der Waals surface area contributed by atoms with Crippen LogP contribution in [0.5, 0.6) is 0 Å². The van der Waals surface area contributed by atoms with Gasteiger partial charge >= 0.3 is 0 Å². The first kappa shape index (κ1) is 15.8. The molecule has 1 heterocycles. The van der Waals surface area contributed by atoms with Crippen molar-refractivity contribution in [2.45, 2.75) is 52.0 Å². The van der Waals surface area contributed by atoms with Crippen molar-refractivity contribution in [1.82, 2.24) is 15.1 Å². The molecule has 114 valence electrons. The molecule has 21 heavy (non-hydrogen) atoms. The number of para-hydroxylation sites is 1. The van der Waals surface area contributed by atoms with Crippen molar-refractivity contribution in [3.8, 4) is 5.69 Å². The summed E-state index contributed by atoms with van der Waals surface area (Å²) in [6, 6.07) is 10.2. The fraction of sp³-hybridized carbons (Fsp3) is 0.500. The summed E-state index contributed by atoms with van der Waals surface area (Å²) in [5.41, 5.74) is 2.35. The Morgan fingerprint density at radius 3 is 2.57 bits per heavy atom. The van der Waals surface area contributed by atoms with Gasteiger partial charge in [-0.2, -0.15) is 5.10 Å². The van der Waals surface area contributed by atoms with E-state index in [4.69, 9.17) is 0 Å². The topological polar surface area (TPSA) is 29.9 Å². The van der Waals surface area contributed by atoms with Gasteiger partial charge < -0.3 is 5.32 Å². The van der Waals surface area contributed by atoms with Crippen molar-refractivity contribution in [2.24, 2.45) is 0 Å². The van der Waals surface area contributed by atoms with Gasteiger partial charge in [-0.3, -0.25) is 0 Å². The third kappa shape index (κ3) is 5.72. The molecule has 0 aliphatic rings. The minimum Gasteiger partial charge on any atom is -0.313 e. The van der Waals surface area contributed by atoms with Crippen LogP contribution in [0.15, 0.2) is 42.7 Å². The van der Waals surface area contributed by atoms with Crippen LogP contribution in [0.1, 0.15) is 51.0 Å². The predicted octanol–water partition coefficient (Wildman–Crippen LogP) is 4.32. The third-order valence-corrected chi connectivity index (χ3v) is 3.69. The molecule has 0 spiro atoms. The minimum absolute atomic E-state index is 0.905. The van der Waals surface area contributed by atoms with Gasteiger partial charge in [0.2, 0.25) is 0 Å². The first-order chi connectivity index (χ1) is 10.4. The van der Waals surface area contributed by atoms with E-state index >= 15 is 0 Å². The summed E-state index contributed by atoms with van der Waals surface area (Å²) in [5, 5.41) is 7.92. The summed E-state index contributed by atoms with van der Waals surface area (Å²) in [4.78, 5) is 0. The molecule has 0 fully saturated rings. The molecular formula is C18H27N3. The lowest BCUT2D eigenvalue weighted by atomic mass is 10.1. The molecule has 0 saturated heterocycles. The third-order valence-electron chi connectivity index (χ3n) is 3.69. The molecule has 3 nitrogen and oxygen atoms in total. The average Bonchev–Trinajstić information content (AvgIpc) is 3.00. The number of nitrogens with zero attached hydrogens (tertiary/aromatic N) is 2. The fourth-order valence-corrected chi connectivity index (χ4v) is 2.44. The number of unbranched alkanes of at least 4 members (excludes halogenated alkanes) is 5. The predicted molar refractivity (Wildman–Crippen MR) is 88.6 cm³/mol. The fourth-order valence-electron chi connectivity index (χ4n) is 2.44. The molecule has 0 saturated carbocycles. The Kier molecular flexibility index (Phi) is 7.02. The van der Waals surface area contributed by atoms with Crippen LogP contribution < -0.4 is 5.32 Å². The van der Waals surface area contributed by atoms with E-state index in [0.29, 0.717) is 0 Å². The molecule has 0 aliphatic heterocycles. The zero-order valence-electron chi connectivity index (χ0n) is 13.1. The molecular weight excluding hydrogens is 258 g/mol. The van der Waals surface area contributed by atoms with E-state index in [1.807, 2.05) is 29.1 Å². The second kappa shape index (κ2) is 9.35. The summed E-state index contributed by atoms with van der Waals surface area (Å²) >= 11 is 0. The Labute approximate surface area is 128 Å². The smallest absolute Gasteiger partial charge is 0.0645 e. The molecule has 0 atom stereocenters. The molecule has 0 amide bonds. The Balaban J connectivity index is 1.63. The van der Waals surface area contributed by atoms with Gasteiger partial charge in [-0.1, -0.05) is 57.2 Å². The zero-order valence-corrected chi connectivity index (χ0v) is 13.1. The van der Waals surface area contributed by atoms with Gasteiger partial charge in [0.05, 0.1) is 11.9 Å². The molecule has 1 N–H and O–H groups in total. The molecule has 1 aromatic heterocycles. The monoisotopic (exact) mass is 285 g/mol. The first-order valence-electron chi connectivity index (χ1n) is 8.20. The lowest BCUT2D eigenvalue weighted by Gasteiger charge is -2.03. The second-order valence-electron chi connectivity index (χ2n) is 5.57. The summed E-state index contributed by atoms with van der Waals surface area (Å²) in [5.74, 6) is 0. The van der Waals surface area contributed by atoms with Gasteiger partial charge in [-0.05, 0) is 25.1 Å². The molecule has 0 unspecified atom stereocenters. The van der Waals surface area contributed by atoms with Crippen molar-refractivity contribution in [1.29, 1.82) is 0 Å². The van der Waals surface area contributed by atoms with E-state index < -0.39 is 0 Å². The minimum atomic E-state index is 0.905. The van der Waals surface area contributed by atoms with Gasteiger partial charge in [-0.25, -0.2) is 4.68 Å². The second-order valence-corrected chi connectivity index (χ2v) is 5.57. The largest absolute Gasteiger partial charge is 0.313 e. The van der Waals surface area contributed by atoms with Crippen LogP contribution in [0.3, 0.4) is 0 Å². The molecule has 0 radical (unpaired) electrons. The van der Waals surface area contributed by atoms with Crippen LogP contribution in [0.4, 0.5) is 0 Å². The van der Waals surface area contributed by atoms with E-state index in [2.05, 4.69) is 35.7 Å². The molecule has 1 aromatic carbocycles. The highest BCUT2D eigenvalue weighted by Crippen LogP contribution is 2.08. The van der Waals surface area contributed by atoms with Gasteiger partial charge in [0.1, 0.15) is 0 Å². The van der Waals surface area contributed by atoms with E-state index in [1.165, 1.54) is 44.1 Å². The van der Waals surface area contributed by atoms with Crippen molar-refractivity contribution in [3.05, 3.63) is 48.3 Å². The van der Waals surface area contributed by atoms with Crippen LogP contribution in [0.2, 0.25) is 0 Å². The van der Waals surface area contributed by atoms with Crippen molar-refractivity contribution >= 4 is 0 Å². The highest BCUT2D eigenvalue weighted by atomic mass is 15.3. The van der Waals surface area contributed by atoms with Crippen molar-refractivity contribution in [2.75, 3.05) is 6.54 Å². The Bertz CT molecular complexity index is 490. The number of benzene rings is 1. The SMILES string of the molecule is CCCCCCCCNCc1cnn(-c2ccccc2)c1. The average molecular weight is 285 g/mol. The number of nitrogens with one attached hydrogen (secondary N) is 1. The van der Waals surface area contributed by atoms with Crippen LogP contribution in [0.25, 0.3) is 5.69 Å². The quantitative estimate of drug-likeness (QED) is 0.659. The Morgan fingerprint density at radius 2 is 1.76 bits per heavy atom. The van der Waals surface area contributed by atoms with E-state index in [1.54, 1.807) is 0 Å². The van der Waals surface area contributed by atoms with Gasteiger partial charge in [0, 0.05) is 18.3 Å². The number of rotatable bonds is 10. The molecule has 3 heteroatoms. The molecule has 0 aliphatic carbocycles. The van der Waals surface area contributed by atoms with Crippen molar-refractivity contribution < 1.29 is 0 Å². The summed E-state index contributed by atoms with van der Waals surface area (Å²) in [7, 11) is 0. The molecule has 2 aromatic rings. The maximum absolute atomic E-state index is 4.41.